The molecule has 2 aliphatic heterocycles. The van der Waals surface area contributed by atoms with Crippen LogP contribution in [0.5, 0.6) is 5.75 Å². The number of nitrogens with one attached hydrogen (secondary N) is 1. The monoisotopic (exact) mass is 249 g/mol. The molecule has 6 nitrogen and oxygen atoms in total. The summed E-state index contributed by atoms with van der Waals surface area (Å²) in [7, 11) is 0. The molecule has 18 heavy (non-hydrogen) atoms. The van der Waals surface area contributed by atoms with Gasteiger partial charge in [-0.1, -0.05) is 6.58 Å². The maximum absolute atomic E-state index is 11.5. The molecule has 0 amide bonds. The summed E-state index contributed by atoms with van der Waals surface area (Å²) < 4.78 is 7.21. The summed E-state index contributed by atoms with van der Waals surface area (Å²) in [4.78, 5) is 13.5. The van der Waals surface area contributed by atoms with Crippen molar-refractivity contribution in [3.05, 3.63) is 34.8 Å². The molecule has 1 aromatic heterocycles. The SMILES string of the molecule is C=C1c2c(O)c(=O)ccn2NC2C(C)OCCN12. The fraction of sp³-hybridized carbons (Fsp3) is 0.417. The van der Waals surface area contributed by atoms with Crippen LogP contribution in [0.25, 0.3) is 5.70 Å². The second kappa shape index (κ2) is 3.78. The molecule has 0 spiro atoms. The van der Waals surface area contributed by atoms with Crippen LogP contribution in [0.1, 0.15) is 12.6 Å². The van der Waals surface area contributed by atoms with E-state index in [1.165, 1.54) is 6.07 Å². The fourth-order valence-electron chi connectivity index (χ4n) is 2.49. The van der Waals surface area contributed by atoms with E-state index in [9.17, 15) is 9.90 Å². The molecule has 3 rings (SSSR count). The van der Waals surface area contributed by atoms with Gasteiger partial charge in [-0.25, -0.2) is 0 Å². The van der Waals surface area contributed by atoms with Crippen LogP contribution in [0.3, 0.4) is 0 Å². The molecule has 0 bridgehead atoms. The number of aromatic nitrogens is 1. The molecule has 1 fully saturated rings. The minimum atomic E-state index is -0.399. The Balaban J connectivity index is 2.12. The van der Waals surface area contributed by atoms with E-state index in [4.69, 9.17) is 4.74 Å². The molecule has 0 aromatic carbocycles. The molecule has 2 N–H and O–H groups in total. The highest BCUT2D eigenvalue weighted by atomic mass is 16.5. The van der Waals surface area contributed by atoms with Crippen LogP contribution in [-0.4, -0.2) is 40.1 Å². The van der Waals surface area contributed by atoms with Gasteiger partial charge in [-0.05, 0) is 6.92 Å². The zero-order valence-corrected chi connectivity index (χ0v) is 10.1. The Hall–Kier alpha value is -1.95. The quantitative estimate of drug-likeness (QED) is 0.684. The fourth-order valence-corrected chi connectivity index (χ4v) is 2.49. The lowest BCUT2D eigenvalue weighted by Crippen LogP contribution is -2.58. The largest absolute Gasteiger partial charge is 0.503 e. The van der Waals surface area contributed by atoms with Gasteiger partial charge in [-0.3, -0.25) is 9.47 Å². The minimum Gasteiger partial charge on any atom is -0.503 e. The number of pyridine rings is 1. The lowest BCUT2D eigenvalue weighted by molar-refractivity contribution is -0.0363. The number of ether oxygens (including phenoxy) is 1. The molecule has 2 aliphatic rings. The van der Waals surface area contributed by atoms with Gasteiger partial charge in [0.2, 0.25) is 5.43 Å². The van der Waals surface area contributed by atoms with Crippen molar-refractivity contribution in [1.29, 1.82) is 0 Å². The summed E-state index contributed by atoms with van der Waals surface area (Å²) in [5, 5.41) is 9.88. The van der Waals surface area contributed by atoms with E-state index < -0.39 is 5.43 Å². The van der Waals surface area contributed by atoms with Gasteiger partial charge < -0.3 is 20.2 Å². The van der Waals surface area contributed by atoms with Crippen LogP contribution >= 0.6 is 0 Å². The highest BCUT2D eigenvalue weighted by Gasteiger charge is 2.36. The Morgan fingerprint density at radius 1 is 1.61 bits per heavy atom. The number of aromatic hydroxyl groups is 1. The van der Waals surface area contributed by atoms with Crippen LogP contribution in [0.15, 0.2) is 23.6 Å². The predicted molar refractivity (Wildman–Crippen MR) is 66.7 cm³/mol. The summed E-state index contributed by atoms with van der Waals surface area (Å²) in [6, 6.07) is 1.32. The maximum Gasteiger partial charge on any atom is 0.224 e. The lowest BCUT2D eigenvalue weighted by atomic mass is 10.1. The van der Waals surface area contributed by atoms with E-state index in [0.29, 0.717) is 24.5 Å². The average Bonchev–Trinajstić information content (AvgIpc) is 2.35. The summed E-state index contributed by atoms with van der Waals surface area (Å²) in [6.07, 6.45) is 1.56. The zero-order chi connectivity index (χ0) is 12.9. The van der Waals surface area contributed by atoms with Crippen molar-refractivity contribution in [3.8, 4) is 5.75 Å². The van der Waals surface area contributed by atoms with Crippen molar-refractivity contribution in [2.45, 2.75) is 19.2 Å². The van der Waals surface area contributed by atoms with Gasteiger partial charge in [0.05, 0.1) is 18.4 Å². The van der Waals surface area contributed by atoms with E-state index in [1.807, 2.05) is 11.8 Å². The van der Waals surface area contributed by atoms with Crippen LogP contribution in [0.2, 0.25) is 0 Å². The first-order chi connectivity index (χ1) is 8.59. The Labute approximate surface area is 104 Å². The van der Waals surface area contributed by atoms with Gasteiger partial charge in [0.1, 0.15) is 11.9 Å². The summed E-state index contributed by atoms with van der Waals surface area (Å²) in [5.41, 5.74) is 3.87. The van der Waals surface area contributed by atoms with Crippen LogP contribution < -0.4 is 10.9 Å². The number of hydrogen-bond donors (Lipinski definition) is 2. The standard InChI is InChI=1S/C12H15N3O3/c1-7-10-11(17)9(16)3-4-15(10)13-12-8(2)18-6-5-14(7)12/h3-4,8,12-13,17H,1,5-6H2,2H3. The predicted octanol–water partition coefficient (Wildman–Crippen LogP) is 0.128. The third-order valence-corrected chi connectivity index (χ3v) is 3.46. The van der Waals surface area contributed by atoms with E-state index in [-0.39, 0.29) is 18.0 Å². The van der Waals surface area contributed by atoms with Gasteiger partial charge in [0.15, 0.2) is 5.75 Å². The highest BCUT2D eigenvalue weighted by Crippen LogP contribution is 2.31. The highest BCUT2D eigenvalue weighted by molar-refractivity contribution is 5.66. The zero-order valence-electron chi connectivity index (χ0n) is 10.1. The number of morpholine rings is 1. The third-order valence-electron chi connectivity index (χ3n) is 3.46. The molecule has 0 radical (unpaired) electrons. The Kier molecular flexibility index (Phi) is 2.34. The van der Waals surface area contributed by atoms with E-state index in [2.05, 4.69) is 12.0 Å². The van der Waals surface area contributed by atoms with Gasteiger partial charge in [0, 0.05) is 18.8 Å². The van der Waals surface area contributed by atoms with Crippen molar-refractivity contribution in [2.24, 2.45) is 0 Å². The average molecular weight is 249 g/mol. The molecule has 2 atom stereocenters. The first-order valence-electron chi connectivity index (χ1n) is 5.88. The minimum absolute atomic E-state index is 0.00483. The van der Waals surface area contributed by atoms with Gasteiger partial charge in [-0.2, -0.15) is 0 Å². The number of hydrogen-bond acceptors (Lipinski definition) is 5. The van der Waals surface area contributed by atoms with E-state index in [0.717, 1.165) is 0 Å². The summed E-state index contributed by atoms with van der Waals surface area (Å²) in [5.74, 6) is -0.271. The molecule has 0 saturated carbocycles. The lowest BCUT2D eigenvalue weighted by Gasteiger charge is -2.46. The Bertz CT molecular complexity index is 566. The second-order valence-electron chi connectivity index (χ2n) is 4.54. The first-order valence-corrected chi connectivity index (χ1v) is 5.88. The molecule has 2 unspecified atom stereocenters. The molecule has 96 valence electrons. The summed E-state index contributed by atoms with van der Waals surface area (Å²) >= 11 is 0. The Morgan fingerprint density at radius 3 is 3.17 bits per heavy atom. The molecule has 3 heterocycles. The summed E-state index contributed by atoms with van der Waals surface area (Å²) in [6.45, 7) is 7.25. The van der Waals surface area contributed by atoms with Crippen LogP contribution in [-0.2, 0) is 4.74 Å². The molecular weight excluding hydrogens is 234 g/mol. The Morgan fingerprint density at radius 2 is 2.39 bits per heavy atom. The van der Waals surface area contributed by atoms with Gasteiger partial charge in [-0.15, -0.1) is 0 Å². The molecule has 6 heteroatoms. The molecular formula is C12H15N3O3. The topological polar surface area (TPSA) is 66.7 Å². The molecule has 0 aliphatic carbocycles. The maximum atomic E-state index is 11.5. The normalized spacial score (nSPS) is 26.3. The van der Waals surface area contributed by atoms with Gasteiger partial charge in [0.25, 0.3) is 0 Å². The van der Waals surface area contributed by atoms with E-state index >= 15 is 0 Å². The van der Waals surface area contributed by atoms with Crippen molar-refractivity contribution >= 4 is 5.70 Å². The van der Waals surface area contributed by atoms with Crippen LogP contribution in [0, 0.1) is 0 Å². The van der Waals surface area contributed by atoms with Crippen molar-refractivity contribution < 1.29 is 9.84 Å². The van der Waals surface area contributed by atoms with Crippen LogP contribution in [0.4, 0.5) is 0 Å². The van der Waals surface area contributed by atoms with Crippen molar-refractivity contribution in [1.82, 2.24) is 9.58 Å². The smallest absolute Gasteiger partial charge is 0.224 e. The number of rotatable bonds is 0. The van der Waals surface area contributed by atoms with Crippen molar-refractivity contribution in [3.63, 3.8) is 0 Å². The third kappa shape index (κ3) is 1.42. The second-order valence-corrected chi connectivity index (χ2v) is 4.54. The number of fused-ring (bicyclic) bond motifs is 2. The first kappa shape index (κ1) is 11.2. The number of nitrogens with zero attached hydrogens (tertiary/aromatic N) is 2. The van der Waals surface area contributed by atoms with Crippen molar-refractivity contribution in [2.75, 3.05) is 18.6 Å². The molecule has 1 saturated heterocycles. The van der Waals surface area contributed by atoms with Gasteiger partial charge >= 0.3 is 0 Å². The van der Waals surface area contributed by atoms with E-state index in [1.54, 1.807) is 10.9 Å². The molecule has 1 aromatic rings.